The number of nitrogens with zero attached hydrogens (tertiary/aromatic N) is 2. The van der Waals surface area contributed by atoms with E-state index in [0.29, 0.717) is 25.6 Å². The van der Waals surface area contributed by atoms with Gasteiger partial charge in [-0.05, 0) is 43.9 Å². The van der Waals surface area contributed by atoms with Crippen molar-refractivity contribution in [3.05, 3.63) is 29.8 Å². The number of nitrogens with one attached hydrogen (secondary N) is 2. The number of amides is 2. The molecule has 1 aliphatic heterocycles. The highest BCUT2D eigenvalue weighted by atomic mass is 32.2. The van der Waals surface area contributed by atoms with Crippen LogP contribution in [-0.2, 0) is 26.0 Å². The average Bonchev–Trinajstić information content (AvgIpc) is 3.51. The number of sulfonamides is 1. The molecule has 0 radical (unpaired) electrons. The molecular weight excluding hydrogens is 406 g/mol. The van der Waals surface area contributed by atoms with E-state index in [1.54, 1.807) is 12.1 Å². The summed E-state index contributed by atoms with van der Waals surface area (Å²) < 4.78 is 22.6. The number of nitrogens with two attached hydrogens (primary N) is 1. The number of hydrogen-bond acceptors (Lipinski definition) is 6. The molecule has 1 aromatic rings. The minimum absolute atomic E-state index is 0.0314. The summed E-state index contributed by atoms with van der Waals surface area (Å²) in [5, 5.41) is 11.0. The normalized spacial score (nSPS) is 19.3. The van der Waals surface area contributed by atoms with Crippen molar-refractivity contribution in [3.63, 3.8) is 0 Å². The Morgan fingerprint density at radius 2 is 1.77 bits per heavy atom. The predicted octanol–water partition coefficient (Wildman–Crippen LogP) is -0.723. The first-order valence-electron chi connectivity index (χ1n) is 10.4. The zero-order valence-electron chi connectivity index (χ0n) is 17.3. The van der Waals surface area contributed by atoms with Gasteiger partial charge in [0.1, 0.15) is 0 Å². The van der Waals surface area contributed by atoms with Gasteiger partial charge in [0.2, 0.25) is 21.8 Å². The first-order chi connectivity index (χ1) is 14.2. The van der Waals surface area contributed by atoms with Gasteiger partial charge in [0, 0.05) is 38.8 Å². The molecule has 0 aromatic heterocycles. The quantitative estimate of drug-likeness (QED) is 0.468. The van der Waals surface area contributed by atoms with Crippen molar-refractivity contribution in [2.75, 3.05) is 39.3 Å². The molecule has 1 atom stereocenters. The standard InChI is InChI=1S/C20H31N5O4S/c1-15(25-12-10-24(11-13-25)14-19(26)23-17-4-5-17)20(27)22-9-8-16-2-6-18(7-3-16)30(21,28)29/h2-3,6-7,15,17H,4-5,8-14H2,1H3,(H,22,27)(H,23,26)(H2,21,28,29)/t15-/m0/s1. The highest BCUT2D eigenvalue weighted by molar-refractivity contribution is 7.89. The van der Waals surface area contributed by atoms with Gasteiger partial charge in [0.25, 0.3) is 0 Å². The zero-order valence-corrected chi connectivity index (χ0v) is 18.2. The molecular formula is C20H31N5O4S. The summed E-state index contributed by atoms with van der Waals surface area (Å²) in [6.07, 6.45) is 2.79. The van der Waals surface area contributed by atoms with Gasteiger partial charge < -0.3 is 10.6 Å². The first kappa shape index (κ1) is 22.7. The summed E-state index contributed by atoms with van der Waals surface area (Å²) in [5.74, 6) is 0.0601. The lowest BCUT2D eigenvalue weighted by Crippen LogP contribution is -2.55. The number of carbonyl (C=O) groups excluding carboxylic acids is 2. The van der Waals surface area contributed by atoms with E-state index in [0.717, 1.165) is 44.6 Å². The summed E-state index contributed by atoms with van der Waals surface area (Å²) in [4.78, 5) is 28.7. The molecule has 2 amide bonds. The van der Waals surface area contributed by atoms with Gasteiger partial charge in [-0.15, -0.1) is 0 Å². The van der Waals surface area contributed by atoms with E-state index in [-0.39, 0.29) is 22.8 Å². The molecule has 10 heteroatoms. The largest absolute Gasteiger partial charge is 0.354 e. The maximum atomic E-state index is 12.5. The Kier molecular flexibility index (Phi) is 7.45. The minimum atomic E-state index is -3.69. The number of piperazine rings is 1. The van der Waals surface area contributed by atoms with Gasteiger partial charge in [-0.3, -0.25) is 19.4 Å². The Balaban J connectivity index is 1.36. The maximum absolute atomic E-state index is 12.5. The Morgan fingerprint density at radius 1 is 1.13 bits per heavy atom. The van der Waals surface area contributed by atoms with Crippen LogP contribution in [0.3, 0.4) is 0 Å². The van der Waals surface area contributed by atoms with E-state index in [2.05, 4.69) is 20.4 Å². The molecule has 1 heterocycles. The molecule has 166 valence electrons. The van der Waals surface area contributed by atoms with Gasteiger partial charge in [0.05, 0.1) is 17.5 Å². The fraction of sp³-hybridized carbons (Fsp3) is 0.600. The second-order valence-electron chi connectivity index (χ2n) is 8.06. The van der Waals surface area contributed by atoms with Crippen LogP contribution in [0.25, 0.3) is 0 Å². The van der Waals surface area contributed by atoms with Crippen molar-refractivity contribution in [1.82, 2.24) is 20.4 Å². The van der Waals surface area contributed by atoms with Crippen LogP contribution < -0.4 is 15.8 Å². The van der Waals surface area contributed by atoms with Gasteiger partial charge in [-0.25, -0.2) is 13.6 Å². The topological polar surface area (TPSA) is 125 Å². The van der Waals surface area contributed by atoms with E-state index in [1.807, 2.05) is 6.92 Å². The minimum Gasteiger partial charge on any atom is -0.354 e. The number of hydrogen-bond donors (Lipinski definition) is 3. The molecule has 4 N–H and O–H groups in total. The number of benzene rings is 1. The fourth-order valence-corrected chi connectivity index (χ4v) is 4.02. The van der Waals surface area contributed by atoms with Crippen molar-refractivity contribution in [2.45, 2.75) is 43.2 Å². The van der Waals surface area contributed by atoms with Crippen LogP contribution in [0.15, 0.2) is 29.2 Å². The van der Waals surface area contributed by atoms with E-state index in [9.17, 15) is 18.0 Å². The summed E-state index contributed by atoms with van der Waals surface area (Å²) in [5.41, 5.74) is 0.924. The van der Waals surface area contributed by atoms with Crippen molar-refractivity contribution >= 4 is 21.8 Å². The third-order valence-corrected chi connectivity index (χ3v) is 6.54. The third kappa shape index (κ3) is 6.76. The van der Waals surface area contributed by atoms with E-state index < -0.39 is 10.0 Å². The Hall–Kier alpha value is -2.01. The molecule has 0 spiro atoms. The van der Waals surface area contributed by atoms with Crippen LogP contribution in [0, 0.1) is 0 Å². The monoisotopic (exact) mass is 437 g/mol. The van der Waals surface area contributed by atoms with E-state index in [1.165, 1.54) is 12.1 Å². The van der Waals surface area contributed by atoms with Crippen molar-refractivity contribution in [2.24, 2.45) is 5.14 Å². The lowest BCUT2D eigenvalue weighted by atomic mass is 10.1. The number of carbonyl (C=O) groups is 2. The second-order valence-corrected chi connectivity index (χ2v) is 9.62. The Labute approximate surface area is 178 Å². The van der Waals surface area contributed by atoms with Gasteiger partial charge in [0.15, 0.2) is 0 Å². The second kappa shape index (κ2) is 9.86. The lowest BCUT2D eigenvalue weighted by molar-refractivity contribution is -0.127. The van der Waals surface area contributed by atoms with Crippen LogP contribution in [0.2, 0.25) is 0 Å². The molecule has 1 saturated heterocycles. The summed E-state index contributed by atoms with van der Waals surface area (Å²) in [6, 6.07) is 6.49. The summed E-state index contributed by atoms with van der Waals surface area (Å²) in [7, 11) is -3.69. The van der Waals surface area contributed by atoms with Crippen molar-refractivity contribution < 1.29 is 18.0 Å². The van der Waals surface area contributed by atoms with E-state index in [4.69, 9.17) is 5.14 Å². The van der Waals surface area contributed by atoms with Crippen LogP contribution >= 0.6 is 0 Å². The molecule has 0 bridgehead atoms. The molecule has 3 rings (SSSR count). The van der Waals surface area contributed by atoms with Crippen LogP contribution in [-0.4, -0.2) is 81.4 Å². The first-order valence-corrected chi connectivity index (χ1v) is 11.9. The fourth-order valence-electron chi connectivity index (χ4n) is 3.50. The molecule has 0 unspecified atom stereocenters. The number of rotatable bonds is 9. The average molecular weight is 438 g/mol. The number of primary sulfonamides is 1. The Bertz CT molecular complexity index is 846. The van der Waals surface area contributed by atoms with Crippen LogP contribution in [0.1, 0.15) is 25.3 Å². The molecule has 2 fully saturated rings. The molecule has 1 aromatic carbocycles. The SMILES string of the molecule is C[C@@H](C(=O)NCCc1ccc(S(N)(=O)=O)cc1)N1CCN(CC(=O)NC2CC2)CC1. The highest BCUT2D eigenvalue weighted by Gasteiger charge is 2.28. The molecule has 1 saturated carbocycles. The van der Waals surface area contributed by atoms with E-state index >= 15 is 0 Å². The highest BCUT2D eigenvalue weighted by Crippen LogP contribution is 2.18. The smallest absolute Gasteiger partial charge is 0.238 e. The molecule has 1 aliphatic carbocycles. The van der Waals surface area contributed by atoms with Crippen molar-refractivity contribution in [3.8, 4) is 0 Å². The van der Waals surface area contributed by atoms with Crippen LogP contribution in [0.5, 0.6) is 0 Å². The summed E-state index contributed by atoms with van der Waals surface area (Å²) >= 11 is 0. The van der Waals surface area contributed by atoms with Crippen molar-refractivity contribution in [1.29, 1.82) is 0 Å². The molecule has 30 heavy (non-hydrogen) atoms. The Morgan fingerprint density at radius 3 is 2.33 bits per heavy atom. The van der Waals surface area contributed by atoms with Crippen LogP contribution in [0.4, 0.5) is 0 Å². The zero-order chi connectivity index (χ0) is 21.7. The summed E-state index contributed by atoms with van der Waals surface area (Å²) in [6.45, 7) is 5.83. The molecule has 9 nitrogen and oxygen atoms in total. The van der Waals surface area contributed by atoms with Gasteiger partial charge in [-0.1, -0.05) is 12.1 Å². The van der Waals surface area contributed by atoms with Gasteiger partial charge >= 0.3 is 0 Å². The predicted molar refractivity (Wildman–Crippen MR) is 113 cm³/mol. The lowest BCUT2D eigenvalue weighted by Gasteiger charge is -2.37. The molecule has 2 aliphatic rings. The maximum Gasteiger partial charge on any atom is 0.238 e. The third-order valence-electron chi connectivity index (χ3n) is 5.61. The van der Waals surface area contributed by atoms with Gasteiger partial charge in [-0.2, -0.15) is 0 Å².